The van der Waals surface area contributed by atoms with Crippen LogP contribution in [0.25, 0.3) is 0 Å². The highest BCUT2D eigenvalue weighted by molar-refractivity contribution is 5.83. The zero-order chi connectivity index (χ0) is 16.4. The van der Waals surface area contributed by atoms with Gasteiger partial charge in [-0.3, -0.25) is 14.5 Å². The minimum absolute atomic E-state index is 0.0490. The second kappa shape index (κ2) is 6.39. The van der Waals surface area contributed by atoms with Crippen LogP contribution in [0.1, 0.15) is 30.3 Å². The van der Waals surface area contributed by atoms with Crippen LogP contribution in [0.15, 0.2) is 10.9 Å². The number of aromatic nitrogens is 2. The van der Waals surface area contributed by atoms with E-state index in [1.807, 2.05) is 0 Å². The summed E-state index contributed by atoms with van der Waals surface area (Å²) in [4.78, 5) is 45.6. The summed E-state index contributed by atoms with van der Waals surface area (Å²) in [7, 11) is 0. The van der Waals surface area contributed by atoms with Gasteiger partial charge in [-0.15, -0.1) is 0 Å². The number of likely N-dealkylation sites (tertiary alicyclic amines) is 1. The smallest absolute Gasteiger partial charge is 0.410 e. The first kappa shape index (κ1) is 15.5. The van der Waals surface area contributed by atoms with Gasteiger partial charge in [-0.25, -0.2) is 9.78 Å². The summed E-state index contributed by atoms with van der Waals surface area (Å²) in [6.07, 6.45) is 1.32. The molecule has 0 unspecified atom stereocenters. The van der Waals surface area contributed by atoms with Gasteiger partial charge in [-0.2, -0.15) is 0 Å². The third-order valence-electron chi connectivity index (χ3n) is 4.24. The highest BCUT2D eigenvalue weighted by atomic mass is 16.6. The maximum Gasteiger partial charge on any atom is 0.410 e. The molecule has 2 amide bonds. The molecule has 8 nitrogen and oxygen atoms in total. The number of H-pyrrole nitrogens is 1. The molecular weight excluding hydrogens is 300 g/mol. The van der Waals surface area contributed by atoms with Crippen molar-refractivity contribution in [1.82, 2.24) is 19.8 Å². The molecule has 0 saturated carbocycles. The molecule has 2 saturated heterocycles. The molecule has 0 spiro atoms. The Kier molecular flexibility index (Phi) is 4.31. The van der Waals surface area contributed by atoms with Crippen LogP contribution in [-0.2, 0) is 9.53 Å². The molecule has 0 bridgehead atoms. The van der Waals surface area contributed by atoms with Gasteiger partial charge in [0.25, 0.3) is 5.56 Å². The monoisotopic (exact) mass is 320 g/mol. The van der Waals surface area contributed by atoms with Gasteiger partial charge in [0.1, 0.15) is 19.0 Å². The highest BCUT2D eigenvalue weighted by Crippen LogP contribution is 2.25. The van der Waals surface area contributed by atoms with Crippen LogP contribution in [0, 0.1) is 6.92 Å². The number of nitrogens with zero attached hydrogens (tertiary/aromatic N) is 3. The van der Waals surface area contributed by atoms with Crippen molar-refractivity contribution in [3.63, 3.8) is 0 Å². The number of rotatable bonds is 3. The van der Waals surface area contributed by atoms with E-state index in [4.69, 9.17) is 4.74 Å². The Morgan fingerprint density at radius 1 is 1.43 bits per heavy atom. The summed E-state index contributed by atoms with van der Waals surface area (Å²) in [6.45, 7) is 3.78. The van der Waals surface area contributed by atoms with Gasteiger partial charge in [-0.1, -0.05) is 0 Å². The summed E-state index contributed by atoms with van der Waals surface area (Å²) in [5, 5.41) is 0. The van der Waals surface area contributed by atoms with E-state index < -0.39 is 6.09 Å². The number of piperidine rings is 1. The lowest BCUT2D eigenvalue weighted by Crippen LogP contribution is -2.45. The van der Waals surface area contributed by atoms with E-state index in [0.717, 1.165) is 18.5 Å². The third-order valence-corrected chi connectivity index (χ3v) is 4.24. The van der Waals surface area contributed by atoms with Gasteiger partial charge < -0.3 is 14.6 Å². The summed E-state index contributed by atoms with van der Waals surface area (Å²) >= 11 is 0. The standard InChI is InChI=1S/C15H20N4O4/c1-10-16-12(7-13(20)17-10)11-3-2-4-18(8-11)14(21)9-19-5-6-23-15(19)22/h7,11H,2-6,8-9H2,1H3,(H,16,17,20)/t11-/m0/s1. The Labute approximate surface area is 133 Å². The Balaban J connectivity index is 1.66. The van der Waals surface area contributed by atoms with Gasteiger partial charge in [-0.05, 0) is 19.8 Å². The first-order chi connectivity index (χ1) is 11.0. The number of aryl methyl sites for hydroxylation is 1. The van der Waals surface area contributed by atoms with Crippen molar-refractivity contribution in [2.75, 3.05) is 32.8 Å². The number of hydrogen-bond donors (Lipinski definition) is 1. The van der Waals surface area contributed by atoms with Crippen molar-refractivity contribution in [2.24, 2.45) is 0 Å². The minimum Gasteiger partial charge on any atom is -0.448 e. The number of nitrogens with one attached hydrogen (secondary N) is 1. The molecule has 8 heteroatoms. The van der Waals surface area contributed by atoms with Crippen molar-refractivity contribution in [1.29, 1.82) is 0 Å². The molecule has 2 aliphatic rings. The first-order valence-electron chi connectivity index (χ1n) is 7.80. The van der Waals surface area contributed by atoms with E-state index in [-0.39, 0.29) is 23.9 Å². The summed E-state index contributed by atoms with van der Waals surface area (Å²) in [5.74, 6) is 0.546. The molecule has 1 aromatic rings. The van der Waals surface area contributed by atoms with Crippen molar-refractivity contribution in [3.8, 4) is 0 Å². The molecule has 1 N–H and O–H groups in total. The lowest BCUT2D eigenvalue weighted by Gasteiger charge is -2.33. The fraction of sp³-hybridized carbons (Fsp3) is 0.600. The molecule has 23 heavy (non-hydrogen) atoms. The van der Waals surface area contributed by atoms with Crippen LogP contribution < -0.4 is 5.56 Å². The fourth-order valence-corrected chi connectivity index (χ4v) is 3.09. The molecule has 3 heterocycles. The van der Waals surface area contributed by atoms with Crippen LogP contribution in [0.2, 0.25) is 0 Å². The predicted molar refractivity (Wildman–Crippen MR) is 81.1 cm³/mol. The first-order valence-corrected chi connectivity index (χ1v) is 7.80. The molecule has 2 fully saturated rings. The van der Waals surface area contributed by atoms with Crippen molar-refractivity contribution in [3.05, 3.63) is 27.9 Å². The van der Waals surface area contributed by atoms with Crippen molar-refractivity contribution >= 4 is 12.0 Å². The van der Waals surface area contributed by atoms with E-state index in [9.17, 15) is 14.4 Å². The zero-order valence-corrected chi connectivity index (χ0v) is 13.1. The van der Waals surface area contributed by atoms with Crippen molar-refractivity contribution < 1.29 is 14.3 Å². The van der Waals surface area contributed by atoms with Crippen LogP contribution in [0.5, 0.6) is 0 Å². The molecule has 1 atom stereocenters. The normalized spacial score (nSPS) is 21.4. The maximum absolute atomic E-state index is 12.4. The second-order valence-corrected chi connectivity index (χ2v) is 5.97. The minimum atomic E-state index is -0.432. The van der Waals surface area contributed by atoms with E-state index in [0.29, 0.717) is 32.1 Å². The number of carbonyl (C=O) groups excluding carboxylic acids is 2. The molecule has 0 radical (unpaired) electrons. The van der Waals surface area contributed by atoms with Gasteiger partial charge in [0, 0.05) is 25.1 Å². The fourth-order valence-electron chi connectivity index (χ4n) is 3.09. The van der Waals surface area contributed by atoms with Gasteiger partial charge in [0.15, 0.2) is 0 Å². The molecule has 3 rings (SSSR count). The zero-order valence-electron chi connectivity index (χ0n) is 13.1. The number of cyclic esters (lactones) is 1. The topological polar surface area (TPSA) is 95.6 Å². The molecule has 1 aromatic heterocycles. The maximum atomic E-state index is 12.4. The number of hydrogen-bond acceptors (Lipinski definition) is 5. The average molecular weight is 320 g/mol. The quantitative estimate of drug-likeness (QED) is 0.860. The van der Waals surface area contributed by atoms with E-state index in [2.05, 4.69) is 9.97 Å². The van der Waals surface area contributed by atoms with E-state index in [1.54, 1.807) is 11.8 Å². The molecule has 124 valence electrons. The lowest BCUT2D eigenvalue weighted by atomic mass is 9.94. The number of carbonyl (C=O) groups is 2. The Morgan fingerprint density at radius 2 is 2.26 bits per heavy atom. The van der Waals surface area contributed by atoms with Crippen LogP contribution in [0.3, 0.4) is 0 Å². The van der Waals surface area contributed by atoms with Gasteiger partial charge in [0.05, 0.1) is 12.2 Å². The Hall–Kier alpha value is -2.38. The predicted octanol–water partition coefficient (Wildman–Crippen LogP) is 0.237. The highest BCUT2D eigenvalue weighted by Gasteiger charge is 2.30. The Morgan fingerprint density at radius 3 is 2.96 bits per heavy atom. The van der Waals surface area contributed by atoms with Crippen molar-refractivity contribution in [2.45, 2.75) is 25.7 Å². The van der Waals surface area contributed by atoms with Crippen LogP contribution in [0.4, 0.5) is 4.79 Å². The van der Waals surface area contributed by atoms with Crippen LogP contribution >= 0.6 is 0 Å². The summed E-state index contributed by atoms with van der Waals surface area (Å²) < 4.78 is 4.84. The molecular formula is C15H20N4O4. The molecule has 0 aliphatic carbocycles. The summed E-state index contributed by atoms with van der Waals surface area (Å²) in [6, 6.07) is 1.50. The number of aromatic amines is 1. The SMILES string of the molecule is Cc1nc([C@H]2CCCN(C(=O)CN3CCOC3=O)C2)cc(=O)[nH]1. The molecule has 2 aliphatic heterocycles. The summed E-state index contributed by atoms with van der Waals surface area (Å²) in [5.41, 5.74) is 0.556. The van der Waals surface area contributed by atoms with Gasteiger partial charge >= 0.3 is 6.09 Å². The second-order valence-electron chi connectivity index (χ2n) is 5.97. The molecule has 0 aromatic carbocycles. The van der Waals surface area contributed by atoms with E-state index >= 15 is 0 Å². The lowest BCUT2D eigenvalue weighted by molar-refractivity contribution is -0.132. The average Bonchev–Trinajstić information content (AvgIpc) is 2.91. The van der Waals surface area contributed by atoms with Gasteiger partial charge in [0.2, 0.25) is 5.91 Å². The largest absolute Gasteiger partial charge is 0.448 e. The third kappa shape index (κ3) is 3.52. The van der Waals surface area contributed by atoms with E-state index in [1.165, 1.54) is 11.0 Å². The Bertz CT molecular complexity index is 672. The number of ether oxygens (including phenoxy) is 1. The van der Waals surface area contributed by atoms with Crippen LogP contribution in [-0.4, -0.2) is 64.6 Å². The number of amides is 2.